The Labute approximate surface area is 169 Å². The van der Waals surface area contributed by atoms with E-state index in [1.165, 1.54) is 7.11 Å². The molecule has 0 atom stereocenters. The fraction of sp³-hybridized carbons (Fsp3) is 0.273. The van der Waals surface area contributed by atoms with Gasteiger partial charge < -0.3 is 24.4 Å². The summed E-state index contributed by atoms with van der Waals surface area (Å²) in [6.45, 7) is 5.00. The van der Waals surface area contributed by atoms with E-state index < -0.39 is 5.91 Å². The monoisotopic (exact) mass is 396 g/mol. The van der Waals surface area contributed by atoms with E-state index in [2.05, 4.69) is 5.32 Å². The molecule has 0 aromatic heterocycles. The van der Waals surface area contributed by atoms with Crippen molar-refractivity contribution < 1.29 is 23.8 Å². The SMILES string of the molecule is CCN(CC)C(=O)/C(=C/c1ccc2c(c1)OCO2)NC(=O)c1ccccc1OC. The van der Waals surface area contributed by atoms with Crippen molar-refractivity contribution in [1.82, 2.24) is 10.2 Å². The zero-order valence-corrected chi connectivity index (χ0v) is 16.7. The summed E-state index contributed by atoms with van der Waals surface area (Å²) in [7, 11) is 1.50. The molecule has 0 spiro atoms. The first-order valence-corrected chi connectivity index (χ1v) is 9.42. The van der Waals surface area contributed by atoms with Gasteiger partial charge in [0.05, 0.1) is 12.7 Å². The number of hydrogen-bond donors (Lipinski definition) is 1. The summed E-state index contributed by atoms with van der Waals surface area (Å²) in [5.41, 5.74) is 1.23. The first-order valence-electron chi connectivity index (χ1n) is 9.42. The van der Waals surface area contributed by atoms with Crippen LogP contribution in [0.3, 0.4) is 0 Å². The number of benzene rings is 2. The predicted octanol–water partition coefficient (Wildman–Crippen LogP) is 3.06. The van der Waals surface area contributed by atoms with Crippen LogP contribution in [0.1, 0.15) is 29.8 Å². The molecule has 1 aliphatic rings. The van der Waals surface area contributed by atoms with Gasteiger partial charge in [0.1, 0.15) is 11.4 Å². The van der Waals surface area contributed by atoms with Gasteiger partial charge in [0.15, 0.2) is 11.5 Å². The Morgan fingerprint density at radius 1 is 1.10 bits per heavy atom. The second-order valence-electron chi connectivity index (χ2n) is 6.30. The van der Waals surface area contributed by atoms with E-state index in [1.807, 2.05) is 13.8 Å². The van der Waals surface area contributed by atoms with Crippen LogP contribution in [-0.4, -0.2) is 43.7 Å². The molecular formula is C22H24N2O5. The fourth-order valence-corrected chi connectivity index (χ4v) is 3.02. The molecule has 2 aromatic rings. The van der Waals surface area contributed by atoms with E-state index in [-0.39, 0.29) is 18.4 Å². The number of ether oxygens (including phenoxy) is 3. The van der Waals surface area contributed by atoms with Crippen LogP contribution in [0.25, 0.3) is 6.08 Å². The third-order valence-corrected chi connectivity index (χ3v) is 4.59. The number of fused-ring (bicyclic) bond motifs is 1. The largest absolute Gasteiger partial charge is 0.496 e. The first kappa shape index (κ1) is 20.3. The number of amides is 2. The van der Waals surface area contributed by atoms with Crippen molar-refractivity contribution in [2.75, 3.05) is 27.0 Å². The standard InChI is InChI=1S/C22H24N2O5/c1-4-24(5-2)22(26)17(12-15-10-11-19-20(13-15)29-14-28-19)23-21(25)16-8-6-7-9-18(16)27-3/h6-13H,4-5,14H2,1-3H3,(H,23,25)/b17-12-. The molecule has 0 saturated carbocycles. The van der Waals surface area contributed by atoms with E-state index in [0.29, 0.717) is 41.5 Å². The minimum Gasteiger partial charge on any atom is -0.496 e. The molecule has 1 heterocycles. The number of methoxy groups -OCH3 is 1. The van der Waals surface area contributed by atoms with Gasteiger partial charge in [-0.3, -0.25) is 9.59 Å². The van der Waals surface area contributed by atoms with Gasteiger partial charge in [0.25, 0.3) is 11.8 Å². The van der Waals surface area contributed by atoms with Gasteiger partial charge >= 0.3 is 0 Å². The Kier molecular flexibility index (Phi) is 6.39. The maximum atomic E-state index is 13.0. The third kappa shape index (κ3) is 4.51. The molecule has 2 aromatic carbocycles. The molecule has 0 unspecified atom stereocenters. The summed E-state index contributed by atoms with van der Waals surface area (Å²) >= 11 is 0. The lowest BCUT2D eigenvalue weighted by Crippen LogP contribution is -2.38. The average Bonchev–Trinajstić information content (AvgIpc) is 3.21. The van der Waals surface area contributed by atoms with Gasteiger partial charge in [-0.2, -0.15) is 0 Å². The van der Waals surface area contributed by atoms with Crippen LogP contribution in [0.15, 0.2) is 48.2 Å². The number of carbonyl (C=O) groups is 2. The maximum Gasteiger partial charge on any atom is 0.270 e. The van der Waals surface area contributed by atoms with E-state index in [1.54, 1.807) is 53.4 Å². The van der Waals surface area contributed by atoms with E-state index in [0.717, 1.165) is 0 Å². The smallest absolute Gasteiger partial charge is 0.270 e. The van der Waals surface area contributed by atoms with Crippen LogP contribution >= 0.6 is 0 Å². The van der Waals surface area contributed by atoms with Gasteiger partial charge in [0.2, 0.25) is 6.79 Å². The van der Waals surface area contributed by atoms with E-state index >= 15 is 0 Å². The van der Waals surface area contributed by atoms with Gasteiger partial charge in [-0.25, -0.2) is 0 Å². The number of para-hydroxylation sites is 1. The van der Waals surface area contributed by atoms with Crippen molar-refractivity contribution in [3.05, 3.63) is 59.3 Å². The Morgan fingerprint density at radius 3 is 2.55 bits per heavy atom. The molecule has 0 radical (unpaired) electrons. The Balaban J connectivity index is 1.94. The Hall–Kier alpha value is -3.48. The van der Waals surface area contributed by atoms with Crippen LogP contribution in [-0.2, 0) is 4.79 Å². The van der Waals surface area contributed by atoms with E-state index in [4.69, 9.17) is 14.2 Å². The lowest BCUT2D eigenvalue weighted by atomic mass is 10.1. The highest BCUT2D eigenvalue weighted by atomic mass is 16.7. The summed E-state index contributed by atoms with van der Waals surface area (Å²) in [4.78, 5) is 27.5. The lowest BCUT2D eigenvalue weighted by molar-refractivity contribution is -0.127. The number of carbonyl (C=O) groups excluding carboxylic acids is 2. The second-order valence-corrected chi connectivity index (χ2v) is 6.30. The highest BCUT2D eigenvalue weighted by Crippen LogP contribution is 2.33. The molecule has 2 amide bonds. The molecule has 3 rings (SSSR count). The van der Waals surface area contributed by atoms with Gasteiger partial charge in [0, 0.05) is 13.1 Å². The van der Waals surface area contributed by atoms with Crippen molar-refractivity contribution in [2.24, 2.45) is 0 Å². The number of nitrogens with zero attached hydrogens (tertiary/aromatic N) is 1. The molecule has 1 N–H and O–H groups in total. The molecule has 0 bridgehead atoms. The molecule has 0 saturated heterocycles. The molecule has 152 valence electrons. The molecular weight excluding hydrogens is 372 g/mol. The number of rotatable bonds is 7. The second kappa shape index (κ2) is 9.14. The highest BCUT2D eigenvalue weighted by Gasteiger charge is 2.21. The first-order chi connectivity index (χ1) is 14.1. The average molecular weight is 396 g/mol. The normalized spacial score (nSPS) is 12.4. The molecule has 7 heteroatoms. The van der Waals surface area contributed by atoms with Gasteiger partial charge in [-0.15, -0.1) is 0 Å². The fourth-order valence-electron chi connectivity index (χ4n) is 3.02. The van der Waals surface area contributed by atoms with Crippen LogP contribution in [0.5, 0.6) is 17.2 Å². The summed E-state index contributed by atoms with van der Waals surface area (Å²) < 4.78 is 16.0. The van der Waals surface area contributed by atoms with Crippen molar-refractivity contribution in [3.8, 4) is 17.2 Å². The summed E-state index contributed by atoms with van der Waals surface area (Å²) in [5, 5.41) is 2.75. The minimum atomic E-state index is -0.421. The van der Waals surface area contributed by atoms with E-state index in [9.17, 15) is 9.59 Å². The quantitative estimate of drug-likeness (QED) is 0.728. The van der Waals surface area contributed by atoms with Gasteiger partial charge in [-0.1, -0.05) is 18.2 Å². The van der Waals surface area contributed by atoms with Crippen LogP contribution in [0, 0.1) is 0 Å². The summed E-state index contributed by atoms with van der Waals surface area (Å²) in [6.07, 6.45) is 1.63. The Morgan fingerprint density at radius 2 is 1.83 bits per heavy atom. The number of likely N-dealkylation sites (N-methyl/N-ethyl adjacent to an activating group) is 1. The maximum absolute atomic E-state index is 13.0. The van der Waals surface area contributed by atoms with Crippen LogP contribution < -0.4 is 19.5 Å². The third-order valence-electron chi connectivity index (χ3n) is 4.59. The zero-order valence-electron chi connectivity index (χ0n) is 16.7. The Bertz CT molecular complexity index is 935. The molecule has 0 aliphatic carbocycles. The molecule has 0 fully saturated rings. The number of nitrogens with one attached hydrogen (secondary N) is 1. The van der Waals surface area contributed by atoms with Crippen molar-refractivity contribution in [1.29, 1.82) is 0 Å². The van der Waals surface area contributed by atoms with Gasteiger partial charge in [-0.05, 0) is 49.8 Å². The zero-order chi connectivity index (χ0) is 20.8. The van der Waals surface area contributed by atoms with Crippen molar-refractivity contribution in [3.63, 3.8) is 0 Å². The van der Waals surface area contributed by atoms with Crippen molar-refractivity contribution >= 4 is 17.9 Å². The predicted molar refractivity (Wildman–Crippen MR) is 109 cm³/mol. The minimum absolute atomic E-state index is 0.165. The molecule has 29 heavy (non-hydrogen) atoms. The van der Waals surface area contributed by atoms with Crippen molar-refractivity contribution in [2.45, 2.75) is 13.8 Å². The molecule has 7 nitrogen and oxygen atoms in total. The topological polar surface area (TPSA) is 77.1 Å². The lowest BCUT2D eigenvalue weighted by Gasteiger charge is -2.21. The molecule has 1 aliphatic heterocycles. The van der Waals surface area contributed by atoms with Crippen LogP contribution in [0.2, 0.25) is 0 Å². The number of hydrogen-bond acceptors (Lipinski definition) is 5. The highest BCUT2D eigenvalue weighted by molar-refractivity contribution is 6.06. The summed E-state index contributed by atoms with van der Waals surface area (Å²) in [5.74, 6) is 0.995. The van der Waals surface area contributed by atoms with Crippen LogP contribution in [0.4, 0.5) is 0 Å². The summed E-state index contributed by atoms with van der Waals surface area (Å²) in [6, 6.07) is 12.2.